The number of hydrogen-bond donors (Lipinski definition) is 1. The Labute approximate surface area is 210 Å². The fourth-order valence-electron chi connectivity index (χ4n) is 8.67. The fourth-order valence-corrected chi connectivity index (χ4v) is 8.67. The zero-order chi connectivity index (χ0) is 20.1. The van der Waals surface area contributed by atoms with Crippen LogP contribution in [0.3, 0.4) is 0 Å². The van der Waals surface area contributed by atoms with Crippen molar-refractivity contribution in [2.75, 3.05) is 0 Å². The summed E-state index contributed by atoms with van der Waals surface area (Å²) in [7, 11) is 0. The molecule has 0 amide bonds. The van der Waals surface area contributed by atoms with Gasteiger partial charge in [-0.15, -0.1) is 0 Å². The molecule has 29 heavy (non-hydrogen) atoms. The molecular formula is C27H48CaO. The zero-order valence-corrected chi connectivity index (χ0v) is 19.3. The van der Waals surface area contributed by atoms with Crippen LogP contribution in [0.2, 0.25) is 0 Å². The van der Waals surface area contributed by atoms with Crippen molar-refractivity contribution in [3.8, 4) is 0 Å². The van der Waals surface area contributed by atoms with Gasteiger partial charge in [0.25, 0.3) is 0 Å². The summed E-state index contributed by atoms with van der Waals surface area (Å²) in [6.45, 7) is 12.6. The van der Waals surface area contributed by atoms with Crippen LogP contribution in [0.4, 0.5) is 0 Å². The molecule has 2 heteroatoms. The van der Waals surface area contributed by atoms with Crippen molar-refractivity contribution in [2.45, 2.75) is 111 Å². The van der Waals surface area contributed by atoms with Gasteiger partial charge < -0.3 is 5.11 Å². The van der Waals surface area contributed by atoms with Gasteiger partial charge in [0.15, 0.2) is 0 Å². The van der Waals surface area contributed by atoms with Crippen LogP contribution in [0.25, 0.3) is 0 Å². The maximum absolute atomic E-state index is 10.2. The first kappa shape index (κ1) is 24.6. The van der Waals surface area contributed by atoms with Crippen molar-refractivity contribution >= 4 is 37.7 Å². The molecule has 3 fully saturated rings. The van der Waals surface area contributed by atoms with E-state index in [-0.39, 0.29) is 43.8 Å². The van der Waals surface area contributed by atoms with Crippen LogP contribution in [0.5, 0.6) is 0 Å². The Morgan fingerprint density at radius 2 is 1.76 bits per heavy atom. The summed E-state index contributed by atoms with van der Waals surface area (Å²) >= 11 is 0. The van der Waals surface area contributed by atoms with Gasteiger partial charge in [-0.25, -0.2) is 0 Å². The fraction of sp³-hybridized carbons (Fsp3) is 0.926. The SMILES string of the molecule is CC(C)CCC[C@@H](C)[C@H]1CC[C@H]2[C@@H]3CC=C4C[C@@H](O)CC[C@]4(C)[C@H]3CC[C@]12C.[CaH2]. The van der Waals surface area contributed by atoms with E-state index in [0.29, 0.717) is 10.8 Å². The molecule has 1 N–H and O–H groups in total. The Hall–Kier alpha value is 0.960. The van der Waals surface area contributed by atoms with Crippen molar-refractivity contribution in [2.24, 2.45) is 46.3 Å². The number of allylic oxidation sites excluding steroid dienone is 1. The number of fused-ring (bicyclic) bond motifs is 5. The van der Waals surface area contributed by atoms with Crippen LogP contribution < -0.4 is 0 Å². The van der Waals surface area contributed by atoms with Gasteiger partial charge in [-0.2, -0.15) is 0 Å². The van der Waals surface area contributed by atoms with Crippen LogP contribution >= 0.6 is 0 Å². The Balaban J connectivity index is 0.00000240. The molecule has 4 rings (SSSR count). The second-order valence-electron chi connectivity index (χ2n) is 12.2. The van der Waals surface area contributed by atoms with E-state index < -0.39 is 0 Å². The summed E-state index contributed by atoms with van der Waals surface area (Å²) in [5.74, 6) is 5.46. The molecule has 4 aliphatic carbocycles. The van der Waals surface area contributed by atoms with Crippen molar-refractivity contribution in [3.05, 3.63) is 11.6 Å². The summed E-state index contributed by atoms with van der Waals surface area (Å²) < 4.78 is 0. The van der Waals surface area contributed by atoms with Gasteiger partial charge in [-0.05, 0) is 97.7 Å². The monoisotopic (exact) mass is 428 g/mol. The molecule has 0 saturated heterocycles. The second-order valence-corrected chi connectivity index (χ2v) is 12.2. The molecule has 0 aliphatic heterocycles. The van der Waals surface area contributed by atoms with Crippen molar-refractivity contribution < 1.29 is 5.11 Å². The van der Waals surface area contributed by atoms with E-state index in [4.69, 9.17) is 0 Å². The topological polar surface area (TPSA) is 20.2 Å². The van der Waals surface area contributed by atoms with E-state index in [1.807, 2.05) is 0 Å². The summed E-state index contributed by atoms with van der Waals surface area (Å²) in [5, 5.41) is 10.2. The summed E-state index contributed by atoms with van der Waals surface area (Å²) in [4.78, 5) is 0. The van der Waals surface area contributed by atoms with Gasteiger partial charge in [0.05, 0.1) is 6.10 Å². The van der Waals surface area contributed by atoms with Gasteiger partial charge in [0.2, 0.25) is 0 Å². The van der Waals surface area contributed by atoms with Crippen LogP contribution in [-0.4, -0.2) is 48.9 Å². The Kier molecular flexibility index (Phi) is 8.01. The Bertz CT molecular complexity index is 597. The average molecular weight is 429 g/mol. The summed E-state index contributed by atoms with van der Waals surface area (Å²) in [6, 6.07) is 0. The Morgan fingerprint density at radius 3 is 2.48 bits per heavy atom. The second kappa shape index (κ2) is 9.44. The average Bonchev–Trinajstić information content (AvgIpc) is 2.99. The van der Waals surface area contributed by atoms with Crippen molar-refractivity contribution in [1.82, 2.24) is 0 Å². The van der Waals surface area contributed by atoms with E-state index in [0.717, 1.165) is 48.3 Å². The minimum absolute atomic E-state index is 0. The molecule has 164 valence electrons. The zero-order valence-electron chi connectivity index (χ0n) is 19.3. The third-order valence-electron chi connectivity index (χ3n) is 10.3. The molecule has 0 aromatic carbocycles. The van der Waals surface area contributed by atoms with Gasteiger partial charge in [0, 0.05) is 0 Å². The standard InChI is InChI=1S/C27H46O.Ca.2H/c1-18(2)7-6-8-19(3)23-11-12-24-22-10-9-20-17-21(28)13-15-26(20,4)25(22)14-16-27(23,24)5;;;/h9,18-19,21-25,28H,6-8,10-17H2,1-5H3;;;/t19-,21+,22+,23-,24+,25+,26+,27-;;;/m1.../s1. The van der Waals surface area contributed by atoms with E-state index >= 15 is 0 Å². The van der Waals surface area contributed by atoms with Crippen LogP contribution in [-0.2, 0) is 0 Å². The molecule has 0 heterocycles. The Morgan fingerprint density at radius 1 is 1.00 bits per heavy atom. The van der Waals surface area contributed by atoms with Crippen molar-refractivity contribution in [1.29, 1.82) is 0 Å². The first-order chi connectivity index (χ1) is 13.3. The number of aliphatic hydroxyl groups is 1. The third kappa shape index (κ3) is 4.43. The maximum atomic E-state index is 10.2. The van der Waals surface area contributed by atoms with E-state index in [2.05, 4.69) is 40.7 Å². The number of aliphatic hydroxyl groups excluding tert-OH is 1. The molecule has 0 aromatic heterocycles. The molecule has 0 radical (unpaired) electrons. The molecular weight excluding hydrogens is 380 g/mol. The third-order valence-corrected chi connectivity index (χ3v) is 10.3. The molecule has 0 aromatic rings. The van der Waals surface area contributed by atoms with Crippen molar-refractivity contribution in [3.63, 3.8) is 0 Å². The van der Waals surface area contributed by atoms with Gasteiger partial charge in [-0.3, -0.25) is 0 Å². The molecule has 0 bridgehead atoms. The van der Waals surface area contributed by atoms with Gasteiger partial charge >= 0.3 is 37.7 Å². The predicted molar refractivity (Wildman–Crippen MR) is 128 cm³/mol. The molecule has 3 saturated carbocycles. The molecule has 4 aliphatic rings. The minimum atomic E-state index is -0.0766. The number of rotatable bonds is 5. The molecule has 0 unspecified atom stereocenters. The van der Waals surface area contributed by atoms with Crippen LogP contribution in [0.15, 0.2) is 11.6 Å². The first-order valence-electron chi connectivity index (χ1n) is 12.6. The molecule has 0 spiro atoms. The first-order valence-corrected chi connectivity index (χ1v) is 12.6. The quantitative estimate of drug-likeness (QED) is 0.393. The van der Waals surface area contributed by atoms with Crippen LogP contribution in [0.1, 0.15) is 105 Å². The molecule has 8 atom stereocenters. The summed E-state index contributed by atoms with van der Waals surface area (Å²) in [5.41, 5.74) is 2.60. The van der Waals surface area contributed by atoms with Gasteiger partial charge in [-0.1, -0.05) is 65.5 Å². The molecule has 1 nitrogen and oxygen atoms in total. The van der Waals surface area contributed by atoms with E-state index in [9.17, 15) is 5.11 Å². The van der Waals surface area contributed by atoms with Gasteiger partial charge in [0.1, 0.15) is 0 Å². The number of hydrogen-bond acceptors (Lipinski definition) is 1. The van der Waals surface area contributed by atoms with E-state index in [1.54, 1.807) is 5.57 Å². The van der Waals surface area contributed by atoms with E-state index in [1.165, 1.54) is 57.8 Å². The van der Waals surface area contributed by atoms with Crippen LogP contribution in [0, 0.1) is 46.3 Å². The normalized spacial score (nSPS) is 44.9. The predicted octanol–water partition coefficient (Wildman–Crippen LogP) is 6.47. The summed E-state index contributed by atoms with van der Waals surface area (Å²) in [6.07, 6.45) is 17.2.